The van der Waals surface area contributed by atoms with Crippen LogP contribution in [0.3, 0.4) is 0 Å². The van der Waals surface area contributed by atoms with Crippen LogP contribution in [0, 0.1) is 18.8 Å². The molecule has 0 radical (unpaired) electrons. The molecule has 0 aromatic carbocycles. The number of anilines is 1. The highest BCUT2D eigenvalue weighted by atomic mass is 32.2. The average Bonchev–Trinajstić information content (AvgIpc) is 2.55. The second kappa shape index (κ2) is 5.32. The average molecular weight is 277 g/mol. The minimum atomic E-state index is -3.47. The Hall–Kier alpha value is -0.660. The van der Waals surface area contributed by atoms with Gasteiger partial charge < -0.3 is 5.73 Å². The Morgan fingerprint density at radius 1 is 1.41 bits per heavy atom. The molecule has 0 aliphatic carbocycles. The maximum absolute atomic E-state index is 12.0. The largest absolute Gasteiger partial charge is 0.375 e. The molecule has 1 aromatic rings. The third-order valence-corrected chi connectivity index (χ3v) is 5.77. The molecule has 1 heterocycles. The van der Waals surface area contributed by atoms with Crippen LogP contribution in [-0.2, 0) is 10.0 Å². The van der Waals surface area contributed by atoms with Crippen molar-refractivity contribution in [1.29, 1.82) is 0 Å². The van der Waals surface area contributed by atoms with E-state index in [1.165, 1.54) is 0 Å². The number of aromatic nitrogens is 1. The van der Waals surface area contributed by atoms with Crippen molar-refractivity contribution in [2.24, 2.45) is 11.8 Å². The number of aryl methyl sites for hydroxylation is 1. The lowest BCUT2D eigenvalue weighted by molar-refractivity contribution is 0.415. The number of nitrogens with one attached hydrogen (secondary N) is 1. The zero-order valence-electron chi connectivity index (χ0n) is 10.5. The van der Waals surface area contributed by atoms with Gasteiger partial charge in [0.15, 0.2) is 9.34 Å². The first kappa shape index (κ1) is 14.4. The molecule has 0 aliphatic heterocycles. The Kier molecular flexibility index (Phi) is 4.51. The summed E-state index contributed by atoms with van der Waals surface area (Å²) in [5, 5.41) is 0.278. The predicted octanol–water partition coefficient (Wildman–Crippen LogP) is 1.60. The van der Waals surface area contributed by atoms with Crippen LogP contribution in [0.25, 0.3) is 0 Å². The first-order chi connectivity index (χ1) is 7.74. The van der Waals surface area contributed by atoms with E-state index < -0.39 is 10.0 Å². The van der Waals surface area contributed by atoms with E-state index in [2.05, 4.69) is 23.6 Å². The van der Waals surface area contributed by atoms with E-state index in [1.54, 1.807) is 6.92 Å². The van der Waals surface area contributed by atoms with Crippen LogP contribution < -0.4 is 10.5 Å². The molecule has 17 heavy (non-hydrogen) atoms. The number of sulfonamides is 1. The third kappa shape index (κ3) is 3.65. The van der Waals surface area contributed by atoms with Crippen LogP contribution in [0.15, 0.2) is 4.21 Å². The van der Waals surface area contributed by atoms with Gasteiger partial charge in [0.05, 0.1) is 5.69 Å². The van der Waals surface area contributed by atoms with E-state index in [0.29, 0.717) is 18.2 Å². The number of nitrogens with zero attached hydrogens (tertiary/aromatic N) is 1. The van der Waals surface area contributed by atoms with E-state index in [9.17, 15) is 8.42 Å². The van der Waals surface area contributed by atoms with Crippen molar-refractivity contribution in [3.8, 4) is 0 Å². The third-order valence-electron chi connectivity index (χ3n) is 2.75. The zero-order chi connectivity index (χ0) is 13.2. The first-order valence-electron chi connectivity index (χ1n) is 5.46. The van der Waals surface area contributed by atoms with Crippen molar-refractivity contribution in [3.63, 3.8) is 0 Å². The molecule has 7 heteroatoms. The quantitative estimate of drug-likeness (QED) is 0.856. The SMILES string of the molecule is Cc1nc(N)sc1S(=O)(=O)NCC(C)C(C)C. The lowest BCUT2D eigenvalue weighted by atomic mass is 9.99. The molecule has 0 spiro atoms. The summed E-state index contributed by atoms with van der Waals surface area (Å²) in [4.78, 5) is 3.92. The summed E-state index contributed by atoms with van der Waals surface area (Å²) in [5.74, 6) is 0.723. The Labute approximate surface area is 106 Å². The van der Waals surface area contributed by atoms with Gasteiger partial charge in [0, 0.05) is 6.54 Å². The molecular formula is C10H19N3O2S2. The van der Waals surface area contributed by atoms with Crippen LogP contribution in [0.1, 0.15) is 26.5 Å². The zero-order valence-corrected chi connectivity index (χ0v) is 12.2. The van der Waals surface area contributed by atoms with Crippen molar-refractivity contribution in [2.45, 2.75) is 31.9 Å². The first-order valence-corrected chi connectivity index (χ1v) is 7.76. The van der Waals surface area contributed by atoms with Crippen molar-refractivity contribution < 1.29 is 8.42 Å². The molecule has 1 atom stereocenters. The summed E-state index contributed by atoms with van der Waals surface area (Å²) in [5.41, 5.74) is 5.95. The van der Waals surface area contributed by atoms with Crippen molar-refractivity contribution in [3.05, 3.63) is 5.69 Å². The highest BCUT2D eigenvalue weighted by Gasteiger charge is 2.22. The molecule has 0 saturated heterocycles. The monoisotopic (exact) mass is 277 g/mol. The van der Waals surface area contributed by atoms with Crippen molar-refractivity contribution >= 4 is 26.5 Å². The summed E-state index contributed by atoms with van der Waals surface area (Å²) in [7, 11) is -3.47. The number of thiazole rings is 1. The normalized spacial score (nSPS) is 14.2. The highest BCUT2D eigenvalue weighted by Crippen LogP contribution is 2.24. The number of nitrogens with two attached hydrogens (primary N) is 1. The number of hydrogen-bond acceptors (Lipinski definition) is 5. The minimum absolute atomic E-state index is 0.214. The fraction of sp³-hybridized carbons (Fsp3) is 0.700. The van der Waals surface area contributed by atoms with E-state index in [4.69, 9.17) is 5.73 Å². The summed E-state index contributed by atoms with van der Waals surface area (Å²) in [6, 6.07) is 0. The lowest BCUT2D eigenvalue weighted by Gasteiger charge is -2.15. The van der Waals surface area contributed by atoms with Crippen LogP contribution in [-0.4, -0.2) is 19.9 Å². The maximum atomic E-state index is 12.0. The van der Waals surface area contributed by atoms with Gasteiger partial charge in [-0.2, -0.15) is 0 Å². The fourth-order valence-electron chi connectivity index (χ4n) is 1.19. The molecule has 0 aliphatic rings. The van der Waals surface area contributed by atoms with Gasteiger partial charge in [0.1, 0.15) is 0 Å². The fourth-order valence-corrected chi connectivity index (χ4v) is 3.68. The van der Waals surface area contributed by atoms with Gasteiger partial charge >= 0.3 is 0 Å². The van der Waals surface area contributed by atoms with Crippen molar-refractivity contribution in [2.75, 3.05) is 12.3 Å². The maximum Gasteiger partial charge on any atom is 0.252 e. The van der Waals surface area contributed by atoms with E-state index in [0.717, 1.165) is 11.3 Å². The van der Waals surface area contributed by atoms with Gasteiger partial charge in [0.25, 0.3) is 10.0 Å². The Morgan fingerprint density at radius 2 is 2.00 bits per heavy atom. The topological polar surface area (TPSA) is 85.1 Å². The molecule has 1 rings (SSSR count). The number of nitrogen functional groups attached to an aromatic ring is 1. The second-order valence-corrected chi connectivity index (χ2v) is 7.49. The van der Waals surface area contributed by atoms with E-state index >= 15 is 0 Å². The van der Waals surface area contributed by atoms with Crippen LogP contribution in [0.2, 0.25) is 0 Å². The molecule has 5 nitrogen and oxygen atoms in total. The van der Waals surface area contributed by atoms with E-state index in [1.807, 2.05) is 6.92 Å². The lowest BCUT2D eigenvalue weighted by Crippen LogP contribution is -2.30. The standard InChI is InChI=1S/C10H19N3O2S2/c1-6(2)7(3)5-12-17(14,15)9-8(4)13-10(11)16-9/h6-7,12H,5H2,1-4H3,(H2,11,13). The van der Waals surface area contributed by atoms with Crippen LogP contribution >= 0.6 is 11.3 Å². The van der Waals surface area contributed by atoms with Crippen molar-refractivity contribution in [1.82, 2.24) is 9.71 Å². The van der Waals surface area contributed by atoms with Gasteiger partial charge in [-0.25, -0.2) is 18.1 Å². The van der Waals surface area contributed by atoms with Gasteiger partial charge in [-0.05, 0) is 18.8 Å². The predicted molar refractivity (Wildman–Crippen MR) is 70.5 cm³/mol. The number of rotatable bonds is 5. The van der Waals surface area contributed by atoms with Gasteiger partial charge in [-0.15, -0.1) is 0 Å². The summed E-state index contributed by atoms with van der Waals surface area (Å²) in [6.45, 7) is 8.22. The molecule has 98 valence electrons. The summed E-state index contributed by atoms with van der Waals surface area (Å²) < 4.78 is 26.8. The molecule has 1 aromatic heterocycles. The molecule has 0 bridgehead atoms. The molecule has 1 unspecified atom stereocenters. The Morgan fingerprint density at radius 3 is 2.41 bits per heavy atom. The molecular weight excluding hydrogens is 258 g/mol. The number of hydrogen-bond donors (Lipinski definition) is 2. The second-order valence-electron chi connectivity index (χ2n) is 4.50. The van der Waals surface area contributed by atoms with Gasteiger partial charge in [0.2, 0.25) is 0 Å². The summed E-state index contributed by atoms with van der Waals surface area (Å²) >= 11 is 0.998. The van der Waals surface area contributed by atoms with Gasteiger partial charge in [-0.1, -0.05) is 32.1 Å². The molecule has 0 fully saturated rings. The molecule has 0 amide bonds. The molecule has 0 saturated carbocycles. The Balaban J connectivity index is 2.80. The smallest absolute Gasteiger partial charge is 0.252 e. The van der Waals surface area contributed by atoms with E-state index in [-0.39, 0.29) is 15.3 Å². The van der Waals surface area contributed by atoms with Gasteiger partial charge in [-0.3, -0.25) is 0 Å². The molecule has 3 N–H and O–H groups in total. The highest BCUT2D eigenvalue weighted by molar-refractivity contribution is 7.91. The van der Waals surface area contributed by atoms with Crippen LogP contribution in [0.4, 0.5) is 5.13 Å². The minimum Gasteiger partial charge on any atom is -0.375 e. The van der Waals surface area contributed by atoms with Crippen LogP contribution in [0.5, 0.6) is 0 Å². The Bertz CT molecular complexity index is 480. The summed E-state index contributed by atoms with van der Waals surface area (Å²) in [6.07, 6.45) is 0.